The molecule has 1 atom stereocenters. The van der Waals surface area contributed by atoms with Crippen LogP contribution < -0.4 is 10.1 Å². The molecule has 2 heterocycles. The minimum Gasteiger partial charge on any atom is -0.486 e. The van der Waals surface area contributed by atoms with Crippen molar-refractivity contribution in [1.29, 1.82) is 0 Å². The molecule has 0 fully saturated rings. The number of nitrogens with zero attached hydrogens (tertiary/aromatic N) is 1. The smallest absolute Gasteiger partial charge is 0.125 e. The van der Waals surface area contributed by atoms with Crippen molar-refractivity contribution in [3.05, 3.63) is 48.0 Å². The molecule has 1 aromatic heterocycles. The summed E-state index contributed by atoms with van der Waals surface area (Å²) >= 11 is 0. The van der Waals surface area contributed by atoms with Crippen LogP contribution >= 0.6 is 0 Å². The molecule has 4 nitrogen and oxygen atoms in total. The lowest BCUT2D eigenvalue weighted by Gasteiger charge is -2.27. The first kappa shape index (κ1) is 11.3. The van der Waals surface area contributed by atoms with Crippen molar-refractivity contribution >= 4 is 0 Å². The predicted octanol–water partition coefficient (Wildman–Crippen LogP) is 2.41. The maximum atomic E-state index is 5.98. The van der Waals surface area contributed by atoms with Gasteiger partial charge in [-0.05, 0) is 19.9 Å². The normalized spacial score (nSPS) is 20.4. The predicted molar refractivity (Wildman–Crippen MR) is 69.3 cm³/mol. The molecule has 1 aliphatic rings. The van der Waals surface area contributed by atoms with Gasteiger partial charge in [0.15, 0.2) is 0 Å². The van der Waals surface area contributed by atoms with Gasteiger partial charge in [-0.1, -0.05) is 18.2 Å². The van der Waals surface area contributed by atoms with Crippen molar-refractivity contribution in [2.24, 2.45) is 0 Å². The highest BCUT2D eigenvalue weighted by Gasteiger charge is 2.40. The summed E-state index contributed by atoms with van der Waals surface area (Å²) in [5.41, 5.74) is 0.977. The van der Waals surface area contributed by atoms with E-state index in [0.717, 1.165) is 11.6 Å². The maximum Gasteiger partial charge on any atom is 0.125 e. The minimum atomic E-state index is -0.240. The number of para-hydroxylation sites is 1. The van der Waals surface area contributed by atoms with Crippen molar-refractivity contribution in [2.45, 2.75) is 32.0 Å². The van der Waals surface area contributed by atoms with Gasteiger partial charge < -0.3 is 9.72 Å². The summed E-state index contributed by atoms with van der Waals surface area (Å²) in [4.78, 5) is 7.32. The van der Waals surface area contributed by atoms with Crippen LogP contribution in [-0.4, -0.2) is 15.6 Å². The van der Waals surface area contributed by atoms with Crippen LogP contribution in [0.2, 0.25) is 0 Å². The number of aromatic nitrogens is 2. The summed E-state index contributed by atoms with van der Waals surface area (Å²) in [5.74, 6) is 1.91. The highest BCUT2D eigenvalue weighted by Crippen LogP contribution is 2.42. The van der Waals surface area contributed by atoms with Crippen molar-refractivity contribution in [1.82, 2.24) is 15.3 Å². The Morgan fingerprint density at radius 1 is 1.39 bits per heavy atom. The molecule has 4 heteroatoms. The summed E-state index contributed by atoms with van der Waals surface area (Å²) < 4.78 is 5.98. The van der Waals surface area contributed by atoms with Gasteiger partial charge in [0.2, 0.25) is 0 Å². The molecule has 0 bridgehead atoms. The topological polar surface area (TPSA) is 49.9 Å². The fourth-order valence-corrected chi connectivity index (χ4v) is 2.48. The Morgan fingerprint density at radius 3 is 3.00 bits per heavy atom. The van der Waals surface area contributed by atoms with E-state index in [1.165, 1.54) is 5.56 Å². The number of H-pyrrole nitrogens is 1. The van der Waals surface area contributed by atoms with Crippen LogP contribution in [0.5, 0.6) is 5.75 Å². The van der Waals surface area contributed by atoms with E-state index in [1.54, 1.807) is 6.20 Å². The standard InChI is InChI=1S/C14H17N3O/c1-14(2)13(17-9-12-15-7-8-16-12)10-5-3-4-6-11(10)18-14/h3-8,13,17H,9H2,1-2H3,(H,15,16). The third kappa shape index (κ3) is 1.88. The molecular formula is C14H17N3O. The molecule has 94 valence electrons. The summed E-state index contributed by atoms with van der Waals surface area (Å²) in [6, 6.07) is 8.36. The molecule has 2 aromatic rings. The van der Waals surface area contributed by atoms with Crippen LogP contribution in [0.4, 0.5) is 0 Å². The third-order valence-corrected chi connectivity index (χ3v) is 3.33. The Kier molecular flexibility index (Phi) is 2.59. The van der Waals surface area contributed by atoms with E-state index in [-0.39, 0.29) is 11.6 Å². The van der Waals surface area contributed by atoms with Gasteiger partial charge in [-0.2, -0.15) is 0 Å². The quantitative estimate of drug-likeness (QED) is 0.870. The number of nitrogens with one attached hydrogen (secondary N) is 2. The van der Waals surface area contributed by atoms with E-state index in [9.17, 15) is 0 Å². The zero-order chi connectivity index (χ0) is 12.6. The Labute approximate surface area is 106 Å². The summed E-state index contributed by atoms with van der Waals surface area (Å²) in [6.45, 7) is 4.92. The first-order chi connectivity index (χ1) is 8.67. The van der Waals surface area contributed by atoms with E-state index in [0.29, 0.717) is 6.54 Å². The third-order valence-electron chi connectivity index (χ3n) is 3.33. The lowest BCUT2D eigenvalue weighted by atomic mass is 9.94. The molecule has 0 aliphatic carbocycles. The monoisotopic (exact) mass is 243 g/mol. The number of imidazole rings is 1. The highest BCUT2D eigenvalue weighted by atomic mass is 16.5. The van der Waals surface area contributed by atoms with Gasteiger partial charge in [0.1, 0.15) is 17.2 Å². The average Bonchev–Trinajstić information content (AvgIpc) is 2.91. The largest absolute Gasteiger partial charge is 0.486 e. The number of benzene rings is 1. The number of aromatic amines is 1. The van der Waals surface area contributed by atoms with Crippen LogP contribution in [0, 0.1) is 0 Å². The number of ether oxygens (including phenoxy) is 1. The van der Waals surface area contributed by atoms with Crippen LogP contribution in [0.15, 0.2) is 36.7 Å². The summed E-state index contributed by atoms with van der Waals surface area (Å²) in [5, 5.41) is 3.51. The first-order valence-corrected chi connectivity index (χ1v) is 6.16. The van der Waals surface area contributed by atoms with Crippen LogP contribution in [0.3, 0.4) is 0 Å². The molecule has 1 aliphatic heterocycles. The van der Waals surface area contributed by atoms with E-state index in [4.69, 9.17) is 4.74 Å². The Hall–Kier alpha value is -1.81. The fourth-order valence-electron chi connectivity index (χ4n) is 2.48. The lowest BCUT2D eigenvalue weighted by Crippen LogP contribution is -2.39. The van der Waals surface area contributed by atoms with E-state index < -0.39 is 0 Å². The first-order valence-electron chi connectivity index (χ1n) is 6.16. The van der Waals surface area contributed by atoms with Gasteiger partial charge >= 0.3 is 0 Å². The molecule has 0 saturated carbocycles. The minimum absolute atomic E-state index is 0.179. The number of fused-ring (bicyclic) bond motifs is 1. The van der Waals surface area contributed by atoms with Crippen molar-refractivity contribution in [2.75, 3.05) is 0 Å². The Morgan fingerprint density at radius 2 is 2.22 bits per heavy atom. The van der Waals surface area contributed by atoms with Gasteiger partial charge in [-0.15, -0.1) is 0 Å². The van der Waals surface area contributed by atoms with Crippen molar-refractivity contribution < 1.29 is 4.74 Å². The van der Waals surface area contributed by atoms with Crippen LogP contribution in [-0.2, 0) is 6.54 Å². The van der Waals surface area contributed by atoms with E-state index in [2.05, 4.69) is 35.2 Å². The molecule has 1 unspecified atom stereocenters. The zero-order valence-electron chi connectivity index (χ0n) is 10.6. The van der Waals surface area contributed by atoms with Gasteiger partial charge in [-0.3, -0.25) is 5.32 Å². The Bertz CT molecular complexity index is 534. The second-order valence-corrected chi connectivity index (χ2v) is 5.09. The molecule has 0 radical (unpaired) electrons. The van der Waals surface area contributed by atoms with Gasteiger partial charge in [-0.25, -0.2) is 4.98 Å². The molecule has 0 spiro atoms. The van der Waals surface area contributed by atoms with E-state index in [1.807, 2.05) is 24.4 Å². The number of hydrogen-bond acceptors (Lipinski definition) is 3. The molecule has 18 heavy (non-hydrogen) atoms. The highest BCUT2D eigenvalue weighted by molar-refractivity contribution is 5.42. The van der Waals surface area contributed by atoms with E-state index >= 15 is 0 Å². The average molecular weight is 243 g/mol. The van der Waals surface area contributed by atoms with Crippen LogP contribution in [0.1, 0.15) is 31.3 Å². The SMILES string of the molecule is CC1(C)Oc2ccccc2C1NCc1ncc[nH]1. The molecule has 3 rings (SSSR count). The van der Waals surface area contributed by atoms with Gasteiger partial charge in [0.25, 0.3) is 0 Å². The van der Waals surface area contributed by atoms with Gasteiger partial charge in [0, 0.05) is 18.0 Å². The fraction of sp³-hybridized carbons (Fsp3) is 0.357. The number of hydrogen-bond donors (Lipinski definition) is 2. The maximum absolute atomic E-state index is 5.98. The van der Waals surface area contributed by atoms with Gasteiger partial charge in [0.05, 0.1) is 12.6 Å². The van der Waals surface area contributed by atoms with Crippen molar-refractivity contribution in [3.8, 4) is 5.75 Å². The molecule has 1 aromatic carbocycles. The molecule has 0 saturated heterocycles. The molecule has 2 N–H and O–H groups in total. The molecule has 0 amide bonds. The van der Waals surface area contributed by atoms with Crippen LogP contribution in [0.25, 0.3) is 0 Å². The number of rotatable bonds is 3. The Balaban J connectivity index is 1.81. The lowest BCUT2D eigenvalue weighted by molar-refractivity contribution is 0.0955. The van der Waals surface area contributed by atoms with Crippen molar-refractivity contribution in [3.63, 3.8) is 0 Å². The summed E-state index contributed by atoms with van der Waals surface area (Å²) in [6.07, 6.45) is 3.60. The molecular weight excluding hydrogens is 226 g/mol. The zero-order valence-corrected chi connectivity index (χ0v) is 10.6. The second-order valence-electron chi connectivity index (χ2n) is 5.09. The summed E-state index contributed by atoms with van der Waals surface area (Å²) in [7, 11) is 0. The second kappa shape index (κ2) is 4.14.